The van der Waals surface area contributed by atoms with Gasteiger partial charge >= 0.3 is 0 Å². The Bertz CT molecular complexity index is 1410. The molecule has 1 heterocycles. The van der Waals surface area contributed by atoms with Crippen molar-refractivity contribution >= 4 is 27.6 Å². The molecule has 0 radical (unpaired) electrons. The van der Waals surface area contributed by atoms with Crippen LogP contribution in [0.3, 0.4) is 0 Å². The Morgan fingerprint density at radius 1 is 0.833 bits per heavy atom. The highest BCUT2D eigenvalue weighted by atomic mass is 32.2. The van der Waals surface area contributed by atoms with Gasteiger partial charge in [0.25, 0.3) is 15.9 Å². The molecular weight excluding hydrogens is 476 g/mol. The van der Waals surface area contributed by atoms with Crippen LogP contribution in [-0.2, 0) is 20.2 Å². The lowest BCUT2D eigenvalue weighted by Gasteiger charge is -2.26. The van der Waals surface area contributed by atoms with Crippen molar-refractivity contribution in [3.8, 4) is 5.75 Å². The minimum Gasteiger partial charge on any atom is -0.484 e. The fraction of sp³-hybridized carbons (Fsp3) is 0.148. The summed E-state index contributed by atoms with van der Waals surface area (Å²) in [5, 5.41) is 2.69. The van der Waals surface area contributed by atoms with E-state index < -0.39 is 10.0 Å². The van der Waals surface area contributed by atoms with Crippen LogP contribution in [0.4, 0.5) is 11.6 Å². The lowest BCUT2D eigenvalue weighted by molar-refractivity contribution is -0.118. The van der Waals surface area contributed by atoms with Crippen LogP contribution in [-0.4, -0.2) is 30.9 Å². The Hall–Kier alpha value is -4.24. The van der Waals surface area contributed by atoms with Gasteiger partial charge in [-0.1, -0.05) is 56.3 Å². The number of rotatable bonds is 9. The predicted octanol–water partition coefficient (Wildman–Crippen LogP) is 4.62. The van der Waals surface area contributed by atoms with Gasteiger partial charge in [-0.2, -0.15) is 0 Å². The number of carbonyl (C=O) groups is 1. The second kappa shape index (κ2) is 10.6. The molecule has 1 amide bonds. The highest BCUT2D eigenvalue weighted by Gasteiger charge is 2.22. The molecule has 0 fully saturated rings. The molecular formula is C27H26N4O4S. The van der Waals surface area contributed by atoms with Crippen molar-refractivity contribution in [1.82, 2.24) is 9.97 Å². The Kier molecular flexibility index (Phi) is 7.30. The summed E-state index contributed by atoms with van der Waals surface area (Å²) < 4.78 is 32.8. The third-order valence-electron chi connectivity index (χ3n) is 5.68. The molecule has 184 valence electrons. The molecule has 4 rings (SSSR count). The van der Waals surface area contributed by atoms with Gasteiger partial charge in [0.05, 0.1) is 4.90 Å². The summed E-state index contributed by atoms with van der Waals surface area (Å²) in [6.07, 6.45) is 2.87. The molecule has 0 spiro atoms. The van der Waals surface area contributed by atoms with Crippen LogP contribution in [0.15, 0.2) is 102 Å². The van der Waals surface area contributed by atoms with Crippen molar-refractivity contribution in [3.05, 3.63) is 108 Å². The number of amides is 1. The van der Waals surface area contributed by atoms with Crippen molar-refractivity contribution in [2.24, 2.45) is 0 Å². The monoisotopic (exact) mass is 502 g/mol. The Labute approximate surface area is 210 Å². The third-order valence-corrected chi connectivity index (χ3v) is 7.03. The van der Waals surface area contributed by atoms with E-state index in [9.17, 15) is 13.2 Å². The number of hydrogen-bond donors (Lipinski definition) is 2. The minimum absolute atomic E-state index is 0.0164. The van der Waals surface area contributed by atoms with Crippen LogP contribution >= 0.6 is 0 Å². The molecule has 8 nitrogen and oxygen atoms in total. The molecule has 0 aliphatic heterocycles. The van der Waals surface area contributed by atoms with E-state index >= 15 is 0 Å². The predicted molar refractivity (Wildman–Crippen MR) is 138 cm³/mol. The van der Waals surface area contributed by atoms with E-state index in [2.05, 4.69) is 46.0 Å². The lowest BCUT2D eigenvalue weighted by Crippen LogP contribution is -2.21. The fourth-order valence-corrected chi connectivity index (χ4v) is 4.54. The standard InChI is InChI=1S/C27H26N4O4S/c1-27(2,20-7-4-3-5-8-20)21-9-13-23(14-10-21)35-19-25(32)30-22-11-15-24(16-12-22)36(33,34)31-26-28-17-6-18-29-26/h3-18H,19H2,1-2H3,(H,30,32)(H,28,29,31). The van der Waals surface area contributed by atoms with E-state index in [0.717, 1.165) is 5.56 Å². The molecule has 0 saturated carbocycles. The van der Waals surface area contributed by atoms with Crippen LogP contribution < -0.4 is 14.8 Å². The van der Waals surface area contributed by atoms with Crippen molar-refractivity contribution in [2.45, 2.75) is 24.2 Å². The van der Waals surface area contributed by atoms with E-state index in [4.69, 9.17) is 4.74 Å². The molecule has 0 aliphatic rings. The number of nitrogens with zero attached hydrogens (tertiary/aromatic N) is 2. The van der Waals surface area contributed by atoms with E-state index in [1.165, 1.54) is 42.2 Å². The summed E-state index contributed by atoms with van der Waals surface area (Å²) in [5.74, 6) is 0.187. The summed E-state index contributed by atoms with van der Waals surface area (Å²) in [7, 11) is -3.85. The Morgan fingerprint density at radius 3 is 2.08 bits per heavy atom. The highest BCUT2D eigenvalue weighted by Crippen LogP contribution is 2.32. The van der Waals surface area contributed by atoms with E-state index in [0.29, 0.717) is 11.4 Å². The number of carbonyl (C=O) groups excluding carboxylic acids is 1. The molecule has 0 bridgehead atoms. The molecule has 36 heavy (non-hydrogen) atoms. The normalized spacial score (nSPS) is 11.5. The van der Waals surface area contributed by atoms with Gasteiger partial charge in [-0.3, -0.25) is 4.79 Å². The van der Waals surface area contributed by atoms with Crippen LogP contribution in [0.5, 0.6) is 5.75 Å². The van der Waals surface area contributed by atoms with E-state index in [1.54, 1.807) is 6.07 Å². The average Bonchev–Trinajstić information content (AvgIpc) is 2.89. The van der Waals surface area contributed by atoms with Crippen molar-refractivity contribution < 1.29 is 17.9 Å². The molecule has 0 unspecified atom stereocenters. The smallest absolute Gasteiger partial charge is 0.264 e. The maximum Gasteiger partial charge on any atom is 0.264 e. The van der Waals surface area contributed by atoms with Crippen LogP contribution in [0, 0.1) is 0 Å². The van der Waals surface area contributed by atoms with Crippen molar-refractivity contribution in [1.29, 1.82) is 0 Å². The molecule has 0 aliphatic carbocycles. The first-order valence-corrected chi connectivity index (χ1v) is 12.7. The van der Waals surface area contributed by atoms with Gasteiger partial charge in [-0.15, -0.1) is 0 Å². The van der Waals surface area contributed by atoms with Gasteiger partial charge in [0.2, 0.25) is 5.95 Å². The molecule has 3 aromatic carbocycles. The summed E-state index contributed by atoms with van der Waals surface area (Å²) in [6.45, 7) is 4.13. The number of aromatic nitrogens is 2. The van der Waals surface area contributed by atoms with Gasteiger partial charge < -0.3 is 10.1 Å². The number of sulfonamides is 1. The zero-order valence-electron chi connectivity index (χ0n) is 19.9. The molecule has 1 aromatic heterocycles. The first-order chi connectivity index (χ1) is 17.2. The summed E-state index contributed by atoms with van der Waals surface area (Å²) in [5.41, 5.74) is 2.62. The molecule has 9 heteroatoms. The summed E-state index contributed by atoms with van der Waals surface area (Å²) in [4.78, 5) is 20.1. The number of hydrogen-bond acceptors (Lipinski definition) is 6. The number of benzene rings is 3. The summed E-state index contributed by atoms with van der Waals surface area (Å²) in [6, 6.07) is 25.3. The molecule has 0 atom stereocenters. The first kappa shape index (κ1) is 24.9. The zero-order chi connectivity index (χ0) is 25.6. The Morgan fingerprint density at radius 2 is 1.44 bits per heavy atom. The van der Waals surface area contributed by atoms with Gasteiger partial charge in [-0.05, 0) is 53.6 Å². The lowest BCUT2D eigenvalue weighted by atomic mass is 9.78. The van der Waals surface area contributed by atoms with Crippen LogP contribution in [0.25, 0.3) is 0 Å². The topological polar surface area (TPSA) is 110 Å². The highest BCUT2D eigenvalue weighted by molar-refractivity contribution is 7.92. The first-order valence-electron chi connectivity index (χ1n) is 11.2. The van der Waals surface area contributed by atoms with Crippen LogP contribution in [0.1, 0.15) is 25.0 Å². The Balaban J connectivity index is 1.31. The second-order valence-corrected chi connectivity index (χ2v) is 10.2. The number of anilines is 2. The zero-order valence-corrected chi connectivity index (χ0v) is 20.7. The molecule has 0 saturated heterocycles. The average molecular weight is 503 g/mol. The molecule has 2 N–H and O–H groups in total. The minimum atomic E-state index is -3.85. The summed E-state index contributed by atoms with van der Waals surface area (Å²) >= 11 is 0. The largest absolute Gasteiger partial charge is 0.484 e. The fourth-order valence-electron chi connectivity index (χ4n) is 3.58. The van der Waals surface area contributed by atoms with Gasteiger partial charge in [0, 0.05) is 23.5 Å². The maximum absolute atomic E-state index is 12.5. The third kappa shape index (κ3) is 6.05. The molecule has 4 aromatic rings. The van der Waals surface area contributed by atoms with Crippen molar-refractivity contribution in [2.75, 3.05) is 16.6 Å². The van der Waals surface area contributed by atoms with E-state index in [-0.39, 0.29) is 28.8 Å². The quantitative estimate of drug-likeness (QED) is 0.346. The SMILES string of the molecule is CC(C)(c1ccccc1)c1ccc(OCC(=O)Nc2ccc(S(=O)(=O)Nc3ncccn3)cc2)cc1. The van der Waals surface area contributed by atoms with Gasteiger partial charge in [0.1, 0.15) is 5.75 Å². The van der Waals surface area contributed by atoms with E-state index in [1.807, 2.05) is 42.5 Å². The maximum atomic E-state index is 12.5. The number of nitrogens with one attached hydrogen (secondary N) is 2. The van der Waals surface area contributed by atoms with Gasteiger partial charge in [-0.25, -0.2) is 23.1 Å². The van der Waals surface area contributed by atoms with Crippen LogP contribution in [0.2, 0.25) is 0 Å². The second-order valence-electron chi connectivity index (χ2n) is 8.55. The van der Waals surface area contributed by atoms with Crippen molar-refractivity contribution in [3.63, 3.8) is 0 Å². The van der Waals surface area contributed by atoms with Gasteiger partial charge in [0.15, 0.2) is 6.61 Å². The number of ether oxygens (including phenoxy) is 1.